The van der Waals surface area contributed by atoms with Crippen molar-refractivity contribution in [1.82, 2.24) is 4.90 Å². The van der Waals surface area contributed by atoms with Crippen LogP contribution in [0.4, 0.5) is 14.5 Å². The van der Waals surface area contributed by atoms with Crippen molar-refractivity contribution in [3.63, 3.8) is 0 Å². The molecule has 0 bridgehead atoms. The van der Waals surface area contributed by atoms with Crippen molar-refractivity contribution in [1.29, 1.82) is 0 Å². The molecule has 1 aliphatic rings. The van der Waals surface area contributed by atoms with E-state index in [9.17, 15) is 8.78 Å². The van der Waals surface area contributed by atoms with Crippen LogP contribution in [-0.4, -0.2) is 31.1 Å². The van der Waals surface area contributed by atoms with E-state index in [1.54, 1.807) is 6.07 Å². The van der Waals surface area contributed by atoms with E-state index in [2.05, 4.69) is 10.2 Å². The van der Waals surface area contributed by atoms with Gasteiger partial charge in [0.2, 0.25) is 0 Å². The molecule has 0 aromatic heterocycles. The maximum Gasteiger partial charge on any atom is 0.129 e. The summed E-state index contributed by atoms with van der Waals surface area (Å²) in [5.74, 6) is -0.442. The highest BCUT2D eigenvalue weighted by Gasteiger charge is 2.20. The molecule has 27 heavy (non-hydrogen) atoms. The van der Waals surface area contributed by atoms with E-state index in [1.807, 2.05) is 24.3 Å². The number of halogens is 4. The topological polar surface area (TPSA) is 15.3 Å². The molecular weight excluding hydrogens is 389 g/mol. The average molecular weight is 415 g/mol. The van der Waals surface area contributed by atoms with Crippen LogP contribution in [0.1, 0.15) is 24.8 Å². The first kappa shape index (κ1) is 21.9. The molecule has 0 amide bonds. The number of hydrogen-bond acceptors (Lipinski definition) is 2. The van der Waals surface area contributed by atoms with Crippen molar-refractivity contribution >= 4 is 29.7 Å². The SMILES string of the molecule is Cl.Fc1ccc(CC2CCN(CCCNc3cccc(Cl)c3)CC2)c(F)c1. The molecule has 2 aromatic carbocycles. The van der Waals surface area contributed by atoms with Gasteiger partial charge in [-0.15, -0.1) is 12.4 Å². The third-order valence-electron chi connectivity index (χ3n) is 5.04. The molecule has 1 N–H and O–H groups in total. The largest absolute Gasteiger partial charge is 0.385 e. The Bertz CT molecular complexity index is 719. The fraction of sp³-hybridized carbons (Fsp3) is 0.429. The Balaban J connectivity index is 0.00000261. The summed E-state index contributed by atoms with van der Waals surface area (Å²) >= 11 is 5.98. The normalized spacial score (nSPS) is 15.4. The number of benzene rings is 2. The van der Waals surface area contributed by atoms with Crippen molar-refractivity contribution in [3.05, 3.63) is 64.7 Å². The predicted octanol–water partition coefficient (Wildman–Crippen LogP) is 5.80. The third-order valence-corrected chi connectivity index (χ3v) is 5.27. The quantitative estimate of drug-likeness (QED) is 0.576. The predicted molar refractivity (Wildman–Crippen MR) is 111 cm³/mol. The number of hydrogen-bond donors (Lipinski definition) is 1. The minimum Gasteiger partial charge on any atom is -0.385 e. The number of piperidine rings is 1. The molecule has 1 aliphatic heterocycles. The van der Waals surface area contributed by atoms with E-state index >= 15 is 0 Å². The van der Waals surface area contributed by atoms with Gasteiger partial charge in [-0.05, 0) is 81.1 Å². The van der Waals surface area contributed by atoms with Gasteiger partial charge in [-0.1, -0.05) is 23.7 Å². The molecule has 0 spiro atoms. The van der Waals surface area contributed by atoms with Gasteiger partial charge in [-0.3, -0.25) is 0 Å². The smallest absolute Gasteiger partial charge is 0.129 e. The second kappa shape index (κ2) is 10.8. The first-order valence-electron chi connectivity index (χ1n) is 9.26. The van der Waals surface area contributed by atoms with Gasteiger partial charge in [0.25, 0.3) is 0 Å². The summed E-state index contributed by atoms with van der Waals surface area (Å²) in [6.07, 6.45) is 3.91. The summed E-state index contributed by atoms with van der Waals surface area (Å²) in [5, 5.41) is 4.14. The Kier molecular flexibility index (Phi) is 8.81. The number of anilines is 1. The maximum absolute atomic E-state index is 13.8. The summed E-state index contributed by atoms with van der Waals surface area (Å²) in [6.45, 7) is 4.07. The van der Waals surface area contributed by atoms with Gasteiger partial charge in [0, 0.05) is 23.3 Å². The molecule has 148 valence electrons. The zero-order valence-electron chi connectivity index (χ0n) is 15.3. The van der Waals surface area contributed by atoms with Crippen molar-refractivity contribution < 1.29 is 8.78 Å². The monoisotopic (exact) mass is 414 g/mol. The van der Waals surface area contributed by atoms with E-state index in [-0.39, 0.29) is 12.4 Å². The zero-order chi connectivity index (χ0) is 18.4. The molecule has 0 aliphatic carbocycles. The van der Waals surface area contributed by atoms with E-state index < -0.39 is 11.6 Å². The lowest BCUT2D eigenvalue weighted by Gasteiger charge is -2.32. The molecule has 6 heteroatoms. The maximum atomic E-state index is 13.8. The van der Waals surface area contributed by atoms with Gasteiger partial charge >= 0.3 is 0 Å². The zero-order valence-corrected chi connectivity index (χ0v) is 16.8. The molecule has 0 atom stereocenters. The van der Waals surface area contributed by atoms with Crippen LogP contribution in [0.5, 0.6) is 0 Å². The molecule has 0 unspecified atom stereocenters. The summed E-state index contributed by atoms with van der Waals surface area (Å²) in [5.41, 5.74) is 1.69. The van der Waals surface area contributed by atoms with Gasteiger partial charge < -0.3 is 10.2 Å². The second-order valence-corrected chi connectivity index (χ2v) is 7.45. The molecule has 1 saturated heterocycles. The van der Waals surface area contributed by atoms with Crippen LogP contribution < -0.4 is 5.32 Å². The highest BCUT2D eigenvalue weighted by molar-refractivity contribution is 6.30. The van der Waals surface area contributed by atoms with Crippen LogP contribution in [0.25, 0.3) is 0 Å². The Morgan fingerprint density at radius 1 is 1.07 bits per heavy atom. The van der Waals surface area contributed by atoms with E-state index in [4.69, 9.17) is 11.6 Å². The highest BCUT2D eigenvalue weighted by Crippen LogP contribution is 2.23. The third kappa shape index (κ3) is 6.95. The van der Waals surface area contributed by atoms with E-state index in [1.165, 1.54) is 6.07 Å². The molecule has 1 fully saturated rings. The lowest BCUT2D eigenvalue weighted by atomic mass is 9.90. The van der Waals surface area contributed by atoms with Crippen LogP contribution >= 0.6 is 24.0 Å². The lowest BCUT2D eigenvalue weighted by molar-refractivity contribution is 0.183. The molecule has 1 heterocycles. The first-order chi connectivity index (χ1) is 12.6. The van der Waals surface area contributed by atoms with Crippen molar-refractivity contribution in [2.24, 2.45) is 5.92 Å². The number of rotatable bonds is 7. The Morgan fingerprint density at radius 3 is 2.56 bits per heavy atom. The summed E-state index contributed by atoms with van der Waals surface area (Å²) in [7, 11) is 0. The van der Waals surface area contributed by atoms with E-state index in [0.29, 0.717) is 17.9 Å². The molecular formula is C21H26Cl2F2N2. The fourth-order valence-electron chi connectivity index (χ4n) is 3.55. The lowest BCUT2D eigenvalue weighted by Crippen LogP contribution is -2.35. The summed E-state index contributed by atoms with van der Waals surface area (Å²) < 4.78 is 26.8. The van der Waals surface area contributed by atoms with Gasteiger partial charge in [0.15, 0.2) is 0 Å². The molecule has 0 radical (unpaired) electrons. The first-order valence-corrected chi connectivity index (χ1v) is 9.63. The van der Waals surface area contributed by atoms with Crippen molar-refractivity contribution in [3.8, 4) is 0 Å². The molecule has 2 aromatic rings. The highest BCUT2D eigenvalue weighted by atomic mass is 35.5. The molecule has 0 saturated carbocycles. The summed E-state index contributed by atoms with van der Waals surface area (Å²) in [6, 6.07) is 11.7. The summed E-state index contributed by atoms with van der Waals surface area (Å²) in [4.78, 5) is 2.47. The van der Waals surface area contributed by atoms with Crippen LogP contribution in [-0.2, 0) is 6.42 Å². The molecule has 2 nitrogen and oxygen atoms in total. The van der Waals surface area contributed by atoms with Gasteiger partial charge in [-0.25, -0.2) is 8.78 Å². The Hall–Kier alpha value is -1.36. The van der Waals surface area contributed by atoms with E-state index in [0.717, 1.165) is 62.2 Å². The van der Waals surface area contributed by atoms with Crippen LogP contribution in [0.15, 0.2) is 42.5 Å². The van der Waals surface area contributed by atoms with Crippen molar-refractivity contribution in [2.75, 3.05) is 31.5 Å². The Labute approximate surface area is 171 Å². The number of nitrogens with one attached hydrogen (secondary N) is 1. The molecule has 3 rings (SSSR count). The van der Waals surface area contributed by atoms with Crippen molar-refractivity contribution in [2.45, 2.75) is 25.7 Å². The average Bonchev–Trinajstić information content (AvgIpc) is 2.62. The Morgan fingerprint density at radius 2 is 1.85 bits per heavy atom. The van der Waals surface area contributed by atoms with Crippen LogP contribution in [0.2, 0.25) is 5.02 Å². The van der Waals surface area contributed by atoms with Gasteiger partial charge in [0.1, 0.15) is 11.6 Å². The number of nitrogens with zero attached hydrogens (tertiary/aromatic N) is 1. The van der Waals surface area contributed by atoms with Crippen LogP contribution in [0, 0.1) is 17.6 Å². The van der Waals surface area contributed by atoms with Crippen LogP contribution in [0.3, 0.4) is 0 Å². The standard InChI is InChI=1S/C21H25ClF2N2.ClH/c22-18-3-1-4-20(14-18)25-9-2-10-26-11-7-16(8-12-26)13-17-5-6-19(23)15-21(17)24;/h1,3-6,14-16,25H,2,7-13H2;1H. The van der Waals surface area contributed by atoms with Gasteiger partial charge in [-0.2, -0.15) is 0 Å². The number of likely N-dealkylation sites (tertiary alicyclic amines) is 1. The minimum absolute atomic E-state index is 0. The fourth-order valence-corrected chi connectivity index (χ4v) is 3.74. The van der Waals surface area contributed by atoms with Gasteiger partial charge in [0.05, 0.1) is 0 Å². The second-order valence-electron chi connectivity index (χ2n) is 7.02. The minimum atomic E-state index is -0.507.